The molecule has 0 spiro atoms. The number of nitrogens with one attached hydrogen (secondary N) is 1. The summed E-state index contributed by atoms with van der Waals surface area (Å²) in [5.74, 6) is -1.33. The van der Waals surface area contributed by atoms with E-state index in [2.05, 4.69) is 26.3 Å². The number of rotatable bonds is 5. The van der Waals surface area contributed by atoms with E-state index in [1.807, 2.05) is 0 Å². The van der Waals surface area contributed by atoms with Crippen LogP contribution in [0.15, 0.2) is 28.9 Å². The van der Waals surface area contributed by atoms with Crippen LogP contribution in [0.4, 0.5) is 4.39 Å². The number of carboxylic acid groups (broad SMARTS) is 1. The number of aromatic nitrogens is 2. The van der Waals surface area contributed by atoms with Crippen molar-refractivity contribution in [3.63, 3.8) is 0 Å². The molecule has 0 atom stereocenters. The molecule has 2 rings (SSSR count). The summed E-state index contributed by atoms with van der Waals surface area (Å²) < 4.78 is 15.8. The minimum Gasteiger partial charge on any atom is -0.478 e. The molecule has 0 unspecified atom stereocenters. The van der Waals surface area contributed by atoms with Crippen molar-refractivity contribution >= 4 is 21.9 Å². The van der Waals surface area contributed by atoms with Gasteiger partial charge in [0.1, 0.15) is 11.4 Å². The van der Waals surface area contributed by atoms with Crippen LogP contribution in [0.1, 0.15) is 21.6 Å². The fraction of sp³-hybridized carbons (Fsp3) is 0.231. The van der Waals surface area contributed by atoms with Crippen molar-refractivity contribution in [3.8, 4) is 0 Å². The SMILES string of the molecule is Cn1ncc(C(=O)O)c1CNCc1cc(Br)ccc1F. The smallest absolute Gasteiger partial charge is 0.339 e. The van der Waals surface area contributed by atoms with Gasteiger partial charge in [-0.1, -0.05) is 15.9 Å². The lowest BCUT2D eigenvalue weighted by Crippen LogP contribution is -2.18. The molecule has 0 aliphatic rings. The zero-order chi connectivity index (χ0) is 14.7. The Hall–Kier alpha value is -1.73. The standard InChI is InChI=1S/C13H13BrFN3O2/c1-18-12(10(6-17-18)13(19)20)7-16-5-8-4-9(14)2-3-11(8)15/h2-4,6,16H,5,7H2,1H3,(H,19,20). The summed E-state index contributed by atoms with van der Waals surface area (Å²) in [7, 11) is 1.67. The normalized spacial score (nSPS) is 10.8. The largest absolute Gasteiger partial charge is 0.478 e. The highest BCUT2D eigenvalue weighted by Gasteiger charge is 2.14. The third-order valence-corrected chi connectivity index (χ3v) is 3.40. The molecule has 106 valence electrons. The van der Waals surface area contributed by atoms with Crippen LogP contribution in [0.2, 0.25) is 0 Å². The van der Waals surface area contributed by atoms with E-state index < -0.39 is 5.97 Å². The summed E-state index contributed by atoms with van der Waals surface area (Å²) in [6.45, 7) is 0.597. The van der Waals surface area contributed by atoms with Gasteiger partial charge in [0, 0.05) is 30.2 Å². The van der Waals surface area contributed by atoms with Gasteiger partial charge in [-0.2, -0.15) is 5.10 Å². The fourth-order valence-corrected chi connectivity index (χ4v) is 2.25. The Kier molecular flexibility index (Phi) is 4.51. The van der Waals surface area contributed by atoms with Gasteiger partial charge in [0.2, 0.25) is 0 Å². The molecule has 0 fully saturated rings. The first-order valence-corrected chi connectivity index (χ1v) is 6.67. The lowest BCUT2D eigenvalue weighted by Gasteiger charge is -2.08. The Labute approximate surface area is 123 Å². The molecule has 2 N–H and O–H groups in total. The second-order valence-electron chi connectivity index (χ2n) is 4.27. The van der Waals surface area contributed by atoms with Gasteiger partial charge in [0.05, 0.1) is 11.9 Å². The minimum absolute atomic E-state index is 0.148. The molecule has 0 aliphatic carbocycles. The number of hydrogen-bond acceptors (Lipinski definition) is 3. The average molecular weight is 342 g/mol. The van der Waals surface area contributed by atoms with Crippen LogP contribution < -0.4 is 5.32 Å². The quantitative estimate of drug-likeness (QED) is 0.875. The Morgan fingerprint density at radius 2 is 2.25 bits per heavy atom. The van der Waals surface area contributed by atoms with Gasteiger partial charge in [0.25, 0.3) is 0 Å². The topological polar surface area (TPSA) is 67.2 Å². The molecule has 20 heavy (non-hydrogen) atoms. The van der Waals surface area contributed by atoms with Gasteiger partial charge < -0.3 is 10.4 Å². The summed E-state index contributed by atoms with van der Waals surface area (Å²) in [4.78, 5) is 11.0. The van der Waals surface area contributed by atoms with Crippen molar-refractivity contribution in [2.24, 2.45) is 7.05 Å². The molecule has 1 heterocycles. The molecule has 0 aliphatic heterocycles. The molecule has 0 saturated heterocycles. The number of benzene rings is 1. The van der Waals surface area contributed by atoms with E-state index in [9.17, 15) is 9.18 Å². The summed E-state index contributed by atoms with van der Waals surface area (Å²) in [5, 5.41) is 16.0. The van der Waals surface area contributed by atoms with Crippen molar-refractivity contribution in [1.82, 2.24) is 15.1 Å². The van der Waals surface area contributed by atoms with E-state index in [1.165, 1.54) is 16.9 Å². The van der Waals surface area contributed by atoms with Crippen LogP contribution in [0.3, 0.4) is 0 Å². The van der Waals surface area contributed by atoms with Crippen LogP contribution in [-0.4, -0.2) is 20.9 Å². The summed E-state index contributed by atoms with van der Waals surface area (Å²) in [6.07, 6.45) is 1.30. The van der Waals surface area contributed by atoms with Gasteiger partial charge in [0.15, 0.2) is 0 Å². The summed E-state index contributed by atoms with van der Waals surface area (Å²) in [5.41, 5.74) is 1.21. The molecule has 1 aromatic heterocycles. The maximum atomic E-state index is 13.5. The number of nitrogens with zero attached hydrogens (tertiary/aromatic N) is 2. The number of carbonyl (C=O) groups is 1. The van der Waals surface area contributed by atoms with Gasteiger partial charge >= 0.3 is 5.97 Å². The minimum atomic E-state index is -1.02. The van der Waals surface area contributed by atoms with Crippen LogP contribution >= 0.6 is 15.9 Å². The Morgan fingerprint density at radius 1 is 1.50 bits per heavy atom. The molecule has 5 nitrogen and oxygen atoms in total. The third-order valence-electron chi connectivity index (χ3n) is 2.91. The lowest BCUT2D eigenvalue weighted by atomic mass is 10.2. The van der Waals surface area contributed by atoms with E-state index in [4.69, 9.17) is 5.11 Å². The second-order valence-corrected chi connectivity index (χ2v) is 5.19. The van der Waals surface area contributed by atoms with Gasteiger partial charge in [-0.05, 0) is 18.2 Å². The molecule has 0 amide bonds. The predicted molar refractivity (Wildman–Crippen MR) is 74.8 cm³/mol. The van der Waals surface area contributed by atoms with Crippen LogP contribution in [0, 0.1) is 5.82 Å². The van der Waals surface area contributed by atoms with Crippen LogP contribution in [-0.2, 0) is 20.1 Å². The van der Waals surface area contributed by atoms with Gasteiger partial charge in [-0.15, -0.1) is 0 Å². The van der Waals surface area contributed by atoms with Crippen molar-refractivity contribution in [3.05, 3.63) is 51.5 Å². The molecule has 0 saturated carbocycles. The van der Waals surface area contributed by atoms with Crippen molar-refractivity contribution < 1.29 is 14.3 Å². The molecule has 7 heteroatoms. The molecular formula is C13H13BrFN3O2. The maximum absolute atomic E-state index is 13.5. The predicted octanol–water partition coefficient (Wildman–Crippen LogP) is 2.31. The molecule has 2 aromatic rings. The van der Waals surface area contributed by atoms with E-state index in [-0.39, 0.29) is 11.4 Å². The zero-order valence-corrected chi connectivity index (χ0v) is 12.3. The van der Waals surface area contributed by atoms with Gasteiger partial charge in [-0.25, -0.2) is 9.18 Å². The molecule has 1 aromatic carbocycles. The molecule has 0 radical (unpaired) electrons. The van der Waals surface area contributed by atoms with E-state index in [0.717, 1.165) is 4.47 Å². The highest BCUT2D eigenvalue weighted by Crippen LogP contribution is 2.15. The number of halogens is 2. The highest BCUT2D eigenvalue weighted by molar-refractivity contribution is 9.10. The van der Waals surface area contributed by atoms with Gasteiger partial charge in [-0.3, -0.25) is 4.68 Å². The maximum Gasteiger partial charge on any atom is 0.339 e. The summed E-state index contributed by atoms with van der Waals surface area (Å²) in [6, 6.07) is 4.69. The zero-order valence-electron chi connectivity index (χ0n) is 10.7. The Balaban J connectivity index is 2.05. The number of carboxylic acids is 1. The molecule has 0 bridgehead atoms. The number of aromatic carboxylic acids is 1. The second kappa shape index (κ2) is 6.15. The van der Waals surface area contributed by atoms with Crippen molar-refractivity contribution in [2.45, 2.75) is 13.1 Å². The van der Waals surface area contributed by atoms with Crippen molar-refractivity contribution in [2.75, 3.05) is 0 Å². The number of hydrogen-bond donors (Lipinski definition) is 2. The average Bonchev–Trinajstić information content (AvgIpc) is 2.75. The van der Waals surface area contributed by atoms with Crippen molar-refractivity contribution in [1.29, 1.82) is 0 Å². The summed E-state index contributed by atoms with van der Waals surface area (Å²) >= 11 is 3.28. The van der Waals surface area contributed by atoms with E-state index >= 15 is 0 Å². The fourth-order valence-electron chi connectivity index (χ4n) is 1.85. The first kappa shape index (κ1) is 14.7. The van der Waals surface area contributed by atoms with E-state index in [0.29, 0.717) is 24.3 Å². The van der Waals surface area contributed by atoms with Crippen LogP contribution in [0.25, 0.3) is 0 Å². The highest BCUT2D eigenvalue weighted by atomic mass is 79.9. The number of aryl methyl sites for hydroxylation is 1. The Bertz CT molecular complexity index is 643. The monoisotopic (exact) mass is 341 g/mol. The van der Waals surface area contributed by atoms with Crippen LogP contribution in [0.5, 0.6) is 0 Å². The molecular weight excluding hydrogens is 329 g/mol. The Morgan fingerprint density at radius 3 is 2.95 bits per heavy atom. The first-order valence-electron chi connectivity index (χ1n) is 5.88. The third kappa shape index (κ3) is 3.23. The van der Waals surface area contributed by atoms with E-state index in [1.54, 1.807) is 19.2 Å². The lowest BCUT2D eigenvalue weighted by molar-refractivity contribution is 0.0695. The first-order chi connectivity index (χ1) is 9.49.